The van der Waals surface area contributed by atoms with E-state index in [2.05, 4.69) is 10.3 Å². The molecule has 2 heterocycles. The van der Waals surface area contributed by atoms with Gasteiger partial charge in [-0.05, 0) is 74.3 Å². The zero-order valence-corrected chi connectivity index (χ0v) is 18.9. The topological polar surface area (TPSA) is 82.5 Å². The molecule has 0 radical (unpaired) electrons. The molecule has 3 fully saturated rings. The lowest BCUT2D eigenvalue weighted by atomic mass is 9.74. The summed E-state index contributed by atoms with van der Waals surface area (Å²) in [7, 11) is 0. The molecule has 5 rings (SSSR count). The van der Waals surface area contributed by atoms with E-state index in [1.54, 1.807) is 0 Å². The predicted octanol–water partition coefficient (Wildman–Crippen LogP) is 3.84. The quantitative estimate of drug-likeness (QED) is 0.602. The molecule has 2 aliphatic carbocycles. The Morgan fingerprint density at radius 1 is 1.11 bits per heavy atom. The van der Waals surface area contributed by atoms with Crippen LogP contribution in [0.4, 0.5) is 17.6 Å². The van der Waals surface area contributed by atoms with Crippen molar-refractivity contribution in [2.45, 2.75) is 63.3 Å². The Morgan fingerprint density at radius 2 is 1.86 bits per heavy atom. The fraction of sp³-hybridized carbons (Fsp3) is 0.480. The van der Waals surface area contributed by atoms with Crippen molar-refractivity contribution in [3.63, 3.8) is 0 Å². The average molecular weight is 491 g/mol. The normalized spacial score (nSPS) is 27.9. The highest BCUT2D eigenvalue weighted by molar-refractivity contribution is 5.98. The number of likely N-dealkylation sites (tertiary alicyclic amines) is 1. The van der Waals surface area contributed by atoms with Crippen molar-refractivity contribution >= 4 is 11.8 Å². The number of hydrogen-bond acceptors (Lipinski definition) is 4. The fourth-order valence-corrected chi connectivity index (χ4v) is 5.33. The molecule has 2 saturated carbocycles. The molecular formula is C25H25F4N3O3. The van der Waals surface area contributed by atoms with Gasteiger partial charge in [-0.2, -0.15) is 0 Å². The Kier molecular flexibility index (Phi) is 6.03. The number of rotatable bonds is 6. The van der Waals surface area contributed by atoms with Crippen LogP contribution >= 0.6 is 0 Å². The molecule has 3 aliphatic rings. The number of nitrogens with one attached hydrogen (secondary N) is 1. The summed E-state index contributed by atoms with van der Waals surface area (Å²) in [6, 6.07) is 2.60. The monoisotopic (exact) mass is 491 g/mol. The summed E-state index contributed by atoms with van der Waals surface area (Å²) in [5.74, 6) is -2.48. The summed E-state index contributed by atoms with van der Waals surface area (Å²) in [6.07, 6.45) is -0.504. The van der Waals surface area contributed by atoms with E-state index in [1.807, 2.05) is 0 Å². The number of hydrogen-bond donors (Lipinski definition) is 2. The Morgan fingerprint density at radius 3 is 2.54 bits per heavy atom. The molecule has 2 N–H and O–H groups in total. The SMILES string of the molecule is Cc1cc(F)c([C@H](NC(=O)[C@H]2C[C@H]3C[C@H]3N2C(=O)c2ccnc(C(F)F)c2)[C@H]2C[C@H](O)C2)cc1F. The number of halogens is 4. The number of aliphatic hydroxyl groups is 1. The van der Waals surface area contributed by atoms with Crippen LogP contribution in [0.3, 0.4) is 0 Å². The van der Waals surface area contributed by atoms with Crippen LogP contribution in [0.2, 0.25) is 0 Å². The lowest BCUT2D eigenvalue weighted by molar-refractivity contribution is -0.127. The van der Waals surface area contributed by atoms with Gasteiger partial charge in [0.15, 0.2) is 0 Å². The number of piperidine rings is 1. The lowest BCUT2D eigenvalue weighted by Gasteiger charge is -2.39. The summed E-state index contributed by atoms with van der Waals surface area (Å²) in [5, 5.41) is 12.6. The minimum atomic E-state index is -2.84. The van der Waals surface area contributed by atoms with Gasteiger partial charge in [-0.3, -0.25) is 14.6 Å². The first-order valence-corrected chi connectivity index (χ1v) is 11.6. The molecule has 6 nitrogen and oxygen atoms in total. The van der Waals surface area contributed by atoms with E-state index in [0.717, 1.165) is 30.8 Å². The fourth-order valence-electron chi connectivity index (χ4n) is 5.33. The number of benzene rings is 1. The van der Waals surface area contributed by atoms with Crippen LogP contribution in [-0.2, 0) is 4.79 Å². The van der Waals surface area contributed by atoms with Gasteiger partial charge in [0.1, 0.15) is 23.4 Å². The molecule has 186 valence electrons. The van der Waals surface area contributed by atoms with Gasteiger partial charge in [-0.1, -0.05) is 0 Å². The van der Waals surface area contributed by atoms with Crippen LogP contribution < -0.4 is 5.32 Å². The van der Waals surface area contributed by atoms with Gasteiger partial charge in [0.25, 0.3) is 12.3 Å². The number of nitrogens with zero attached hydrogens (tertiary/aromatic N) is 2. The van der Waals surface area contributed by atoms with E-state index < -0.39 is 53.8 Å². The van der Waals surface area contributed by atoms with E-state index >= 15 is 0 Å². The van der Waals surface area contributed by atoms with Crippen LogP contribution in [0.15, 0.2) is 30.5 Å². The molecule has 4 atom stereocenters. The second kappa shape index (κ2) is 8.89. The smallest absolute Gasteiger partial charge is 0.280 e. The standard InChI is InChI=1S/C25H25F4N3O3/c1-11-4-18(27)16(10-17(11)26)22(14-5-15(33)6-14)31-24(34)21-9-13-8-20(13)32(21)25(35)12-2-3-30-19(7-12)23(28)29/h2-4,7,10,13-15,20-23,33H,5-6,8-9H2,1H3,(H,31,34)/t13-,14-,15-,20-,21-,22-/m1/s1. The third-order valence-electron chi connectivity index (χ3n) is 7.42. The van der Waals surface area contributed by atoms with Crippen LogP contribution in [0.1, 0.15) is 65.3 Å². The van der Waals surface area contributed by atoms with Crippen molar-refractivity contribution in [2.24, 2.45) is 11.8 Å². The summed E-state index contributed by atoms with van der Waals surface area (Å²) in [6.45, 7) is 1.44. The van der Waals surface area contributed by atoms with Crippen molar-refractivity contribution in [1.82, 2.24) is 15.2 Å². The van der Waals surface area contributed by atoms with Crippen molar-refractivity contribution in [2.75, 3.05) is 0 Å². The van der Waals surface area contributed by atoms with Crippen molar-refractivity contribution < 1.29 is 32.3 Å². The van der Waals surface area contributed by atoms with E-state index in [-0.39, 0.29) is 34.6 Å². The Hall–Kier alpha value is -3.01. The summed E-state index contributed by atoms with van der Waals surface area (Å²) in [4.78, 5) is 31.6. The predicted molar refractivity (Wildman–Crippen MR) is 116 cm³/mol. The maximum atomic E-state index is 14.8. The molecular weight excluding hydrogens is 466 g/mol. The van der Waals surface area contributed by atoms with Gasteiger partial charge in [0.05, 0.1) is 12.1 Å². The van der Waals surface area contributed by atoms with Gasteiger partial charge >= 0.3 is 0 Å². The minimum absolute atomic E-state index is 0.00454. The van der Waals surface area contributed by atoms with E-state index in [9.17, 15) is 32.3 Å². The van der Waals surface area contributed by atoms with E-state index in [1.165, 1.54) is 17.9 Å². The van der Waals surface area contributed by atoms with Crippen LogP contribution in [0.25, 0.3) is 0 Å². The van der Waals surface area contributed by atoms with Crippen molar-refractivity contribution in [1.29, 1.82) is 0 Å². The van der Waals surface area contributed by atoms with Crippen LogP contribution in [-0.4, -0.2) is 45.0 Å². The molecule has 0 unspecified atom stereocenters. The number of alkyl halides is 2. The number of aromatic nitrogens is 1. The molecule has 35 heavy (non-hydrogen) atoms. The Balaban J connectivity index is 1.40. The molecule has 1 aromatic heterocycles. The number of carbonyl (C=O) groups is 2. The van der Waals surface area contributed by atoms with Crippen molar-refractivity contribution in [3.8, 4) is 0 Å². The largest absolute Gasteiger partial charge is 0.393 e. The first kappa shape index (κ1) is 23.7. The highest BCUT2D eigenvalue weighted by atomic mass is 19.3. The highest BCUT2D eigenvalue weighted by Gasteiger charge is 2.56. The Bertz CT molecular complexity index is 1170. The van der Waals surface area contributed by atoms with Crippen LogP contribution in [0.5, 0.6) is 0 Å². The molecule has 1 aliphatic heterocycles. The first-order chi connectivity index (χ1) is 16.6. The third-order valence-corrected chi connectivity index (χ3v) is 7.42. The first-order valence-electron chi connectivity index (χ1n) is 11.6. The second-order valence-electron chi connectivity index (χ2n) is 9.79. The second-order valence-corrected chi connectivity index (χ2v) is 9.79. The van der Waals surface area contributed by atoms with Gasteiger partial charge in [0.2, 0.25) is 5.91 Å². The molecule has 2 aromatic rings. The number of aryl methyl sites for hydroxylation is 1. The van der Waals surface area contributed by atoms with Crippen molar-refractivity contribution in [3.05, 3.63) is 64.5 Å². The molecule has 0 spiro atoms. The van der Waals surface area contributed by atoms with E-state index in [4.69, 9.17) is 0 Å². The third kappa shape index (κ3) is 4.39. The maximum Gasteiger partial charge on any atom is 0.280 e. The number of amides is 2. The zero-order chi connectivity index (χ0) is 25.0. The minimum Gasteiger partial charge on any atom is -0.393 e. The molecule has 1 saturated heterocycles. The molecule has 2 amide bonds. The summed E-state index contributed by atoms with van der Waals surface area (Å²) in [5.41, 5.74) is -0.372. The average Bonchev–Trinajstić information content (AvgIpc) is 3.47. The van der Waals surface area contributed by atoms with Gasteiger partial charge in [-0.25, -0.2) is 17.6 Å². The lowest BCUT2D eigenvalue weighted by Crippen LogP contribution is -2.51. The maximum absolute atomic E-state index is 14.8. The highest BCUT2D eigenvalue weighted by Crippen LogP contribution is 2.49. The number of carbonyl (C=O) groups excluding carboxylic acids is 2. The van der Waals surface area contributed by atoms with E-state index in [0.29, 0.717) is 19.3 Å². The zero-order valence-electron chi connectivity index (χ0n) is 18.9. The molecule has 1 aromatic carbocycles. The molecule has 0 bridgehead atoms. The van der Waals surface area contributed by atoms with Gasteiger partial charge in [0, 0.05) is 23.4 Å². The van der Waals surface area contributed by atoms with Gasteiger partial charge in [-0.15, -0.1) is 0 Å². The van der Waals surface area contributed by atoms with Crippen LogP contribution in [0, 0.1) is 30.4 Å². The number of fused-ring (bicyclic) bond motifs is 1. The summed E-state index contributed by atoms with van der Waals surface area (Å²) < 4.78 is 55.3. The Labute approximate surface area is 199 Å². The van der Waals surface area contributed by atoms with Gasteiger partial charge < -0.3 is 15.3 Å². The number of aliphatic hydroxyl groups excluding tert-OH is 1. The summed E-state index contributed by atoms with van der Waals surface area (Å²) >= 11 is 0. The molecule has 10 heteroatoms. The number of pyridine rings is 1.